The van der Waals surface area contributed by atoms with E-state index in [-0.39, 0.29) is 40.1 Å². The van der Waals surface area contributed by atoms with Gasteiger partial charge in [0.25, 0.3) is 11.8 Å². The molecule has 9 nitrogen and oxygen atoms in total. The van der Waals surface area contributed by atoms with Gasteiger partial charge in [0.1, 0.15) is 5.69 Å². The zero-order valence-electron chi connectivity index (χ0n) is 22.3. The van der Waals surface area contributed by atoms with Crippen LogP contribution in [-0.4, -0.2) is 31.1 Å². The monoisotopic (exact) mass is 546 g/mol. The number of benzene rings is 5. The number of anilines is 2. The number of amides is 2. The molecule has 0 spiro atoms. The summed E-state index contributed by atoms with van der Waals surface area (Å²) in [6.45, 7) is 0. The number of methoxy groups -OCH3 is 2. The number of phenols is 1. The molecule has 2 amide bonds. The predicted molar refractivity (Wildman–Crippen MR) is 158 cm³/mol. The number of phenolic OH excluding ortho intramolecular Hbond substituents is 1. The van der Waals surface area contributed by atoms with Gasteiger partial charge in [0, 0.05) is 34.5 Å². The zero-order chi connectivity index (χ0) is 28.8. The van der Waals surface area contributed by atoms with Crippen molar-refractivity contribution in [3.05, 3.63) is 114 Å². The van der Waals surface area contributed by atoms with E-state index in [0.717, 1.165) is 0 Å². The largest absolute Gasteiger partial charge is 0.505 e. The number of carbonyl (C=O) groups is 2. The Hall–Kier alpha value is -5.70. The molecule has 0 heterocycles. The van der Waals surface area contributed by atoms with E-state index in [2.05, 4.69) is 20.9 Å². The minimum absolute atomic E-state index is 0.0411. The molecule has 204 valence electrons. The van der Waals surface area contributed by atoms with Crippen LogP contribution >= 0.6 is 0 Å². The Labute approximate surface area is 236 Å². The molecule has 0 aromatic heterocycles. The molecular weight excluding hydrogens is 520 g/mol. The van der Waals surface area contributed by atoms with Crippen molar-refractivity contribution < 1.29 is 24.2 Å². The molecule has 0 atom stereocenters. The van der Waals surface area contributed by atoms with Crippen LogP contribution in [0.5, 0.6) is 17.2 Å². The Bertz CT molecular complexity index is 1730. The average molecular weight is 547 g/mol. The molecule has 0 saturated heterocycles. The van der Waals surface area contributed by atoms with Gasteiger partial charge in [-0.05, 0) is 35.7 Å². The first-order chi connectivity index (χ1) is 20.0. The number of hydrogen-bond donors (Lipinski definition) is 3. The summed E-state index contributed by atoms with van der Waals surface area (Å²) in [5, 5.41) is 26.8. The summed E-state index contributed by atoms with van der Waals surface area (Å²) in [5.41, 5.74) is 1.89. The van der Waals surface area contributed by atoms with E-state index in [1.807, 2.05) is 24.3 Å². The van der Waals surface area contributed by atoms with Crippen LogP contribution in [0.1, 0.15) is 20.7 Å². The molecule has 0 aliphatic heterocycles. The van der Waals surface area contributed by atoms with Crippen LogP contribution in [0.4, 0.5) is 22.7 Å². The number of fused-ring (bicyclic) bond motifs is 1. The summed E-state index contributed by atoms with van der Waals surface area (Å²) in [6, 6.07) is 29.8. The fourth-order valence-corrected chi connectivity index (χ4v) is 4.27. The maximum atomic E-state index is 13.1. The second kappa shape index (κ2) is 12.0. The van der Waals surface area contributed by atoms with E-state index in [1.54, 1.807) is 78.9 Å². The third-order valence-corrected chi connectivity index (χ3v) is 6.30. The van der Waals surface area contributed by atoms with Crippen molar-refractivity contribution >= 4 is 45.3 Å². The van der Waals surface area contributed by atoms with Gasteiger partial charge >= 0.3 is 0 Å². The Kier molecular flexibility index (Phi) is 7.87. The number of nitrogens with one attached hydrogen (secondary N) is 2. The fourth-order valence-electron chi connectivity index (χ4n) is 4.27. The van der Waals surface area contributed by atoms with E-state index < -0.39 is 5.91 Å². The number of hydrogen-bond acceptors (Lipinski definition) is 7. The number of para-hydroxylation sites is 1. The summed E-state index contributed by atoms with van der Waals surface area (Å²) < 4.78 is 11.1. The minimum atomic E-state index is -0.496. The van der Waals surface area contributed by atoms with Gasteiger partial charge in [0.05, 0.1) is 19.8 Å². The van der Waals surface area contributed by atoms with Gasteiger partial charge in [-0.2, -0.15) is 0 Å². The van der Waals surface area contributed by atoms with Crippen molar-refractivity contribution in [1.82, 2.24) is 0 Å². The second-order valence-corrected chi connectivity index (χ2v) is 8.91. The van der Waals surface area contributed by atoms with E-state index in [9.17, 15) is 14.7 Å². The van der Waals surface area contributed by atoms with Gasteiger partial charge in [-0.1, -0.05) is 60.7 Å². The van der Waals surface area contributed by atoms with Gasteiger partial charge in [-0.3, -0.25) is 9.59 Å². The summed E-state index contributed by atoms with van der Waals surface area (Å²) >= 11 is 0. The fraction of sp³-hybridized carbons (Fsp3) is 0.0625. The summed E-state index contributed by atoms with van der Waals surface area (Å²) in [5.74, 6) is -0.572. The molecule has 0 radical (unpaired) electrons. The van der Waals surface area contributed by atoms with Crippen LogP contribution in [0.15, 0.2) is 113 Å². The Morgan fingerprint density at radius 2 is 1.22 bits per heavy atom. The number of carbonyl (C=O) groups excluding carboxylic acids is 2. The minimum Gasteiger partial charge on any atom is -0.505 e. The van der Waals surface area contributed by atoms with Crippen molar-refractivity contribution in [1.29, 1.82) is 0 Å². The van der Waals surface area contributed by atoms with Crippen LogP contribution in [-0.2, 0) is 0 Å². The van der Waals surface area contributed by atoms with E-state index in [0.29, 0.717) is 27.7 Å². The van der Waals surface area contributed by atoms with E-state index in [1.165, 1.54) is 14.2 Å². The Morgan fingerprint density at radius 3 is 1.88 bits per heavy atom. The highest BCUT2D eigenvalue weighted by atomic mass is 16.5. The highest BCUT2D eigenvalue weighted by Gasteiger charge is 2.20. The number of ether oxygens (including phenoxy) is 2. The van der Waals surface area contributed by atoms with Crippen molar-refractivity contribution in [2.45, 2.75) is 0 Å². The van der Waals surface area contributed by atoms with Crippen molar-refractivity contribution in [3.63, 3.8) is 0 Å². The first kappa shape index (κ1) is 26.9. The standard InChI is InChI=1S/C32H26N4O5/c1-40-26-18-23(34-31(38)20-11-5-3-6-12-20)19-27(41-2)29(26)36-35-28-24-16-10-9-13-21(24)17-25(30(28)37)32(39)33-22-14-7-4-8-15-22/h3-19,37H,1-2H3,(H,33,39)(H,34,38). The lowest BCUT2D eigenvalue weighted by atomic mass is 10.0. The Balaban J connectivity index is 1.53. The van der Waals surface area contributed by atoms with Crippen LogP contribution in [0.25, 0.3) is 10.8 Å². The molecule has 0 fully saturated rings. The lowest BCUT2D eigenvalue weighted by molar-refractivity contribution is 0.101. The van der Waals surface area contributed by atoms with Gasteiger partial charge < -0.3 is 25.2 Å². The molecule has 5 aromatic rings. The number of rotatable bonds is 8. The normalized spacial score (nSPS) is 10.9. The van der Waals surface area contributed by atoms with Gasteiger partial charge in [0.15, 0.2) is 22.9 Å². The van der Waals surface area contributed by atoms with Crippen molar-refractivity contribution in [2.24, 2.45) is 10.2 Å². The molecule has 9 heteroatoms. The number of nitrogens with zero attached hydrogens (tertiary/aromatic N) is 2. The summed E-state index contributed by atoms with van der Waals surface area (Å²) in [4.78, 5) is 25.8. The quantitative estimate of drug-likeness (QED) is 0.174. The number of aromatic hydroxyl groups is 1. The molecule has 0 aliphatic carbocycles. The highest BCUT2D eigenvalue weighted by molar-refractivity contribution is 6.11. The molecule has 0 bridgehead atoms. The maximum absolute atomic E-state index is 13.1. The zero-order valence-corrected chi connectivity index (χ0v) is 22.3. The molecule has 5 rings (SSSR count). The molecule has 3 N–H and O–H groups in total. The van der Waals surface area contributed by atoms with Crippen LogP contribution in [0, 0.1) is 0 Å². The van der Waals surface area contributed by atoms with Gasteiger partial charge in [-0.25, -0.2) is 0 Å². The highest BCUT2D eigenvalue weighted by Crippen LogP contribution is 2.44. The average Bonchev–Trinajstić information content (AvgIpc) is 3.01. The maximum Gasteiger partial charge on any atom is 0.259 e. The molecule has 0 aliphatic rings. The summed E-state index contributed by atoms with van der Waals surface area (Å²) in [7, 11) is 2.91. The van der Waals surface area contributed by atoms with Crippen molar-refractivity contribution in [3.8, 4) is 17.2 Å². The second-order valence-electron chi connectivity index (χ2n) is 8.91. The first-order valence-electron chi connectivity index (χ1n) is 12.6. The van der Waals surface area contributed by atoms with Gasteiger partial charge in [0.2, 0.25) is 0 Å². The third kappa shape index (κ3) is 5.84. The lowest BCUT2D eigenvalue weighted by Crippen LogP contribution is -2.12. The SMILES string of the molecule is COc1cc(NC(=O)c2ccccc2)cc(OC)c1N=Nc1c(O)c(C(=O)Nc2ccccc2)cc2ccccc12. The van der Waals surface area contributed by atoms with E-state index >= 15 is 0 Å². The van der Waals surface area contributed by atoms with Crippen molar-refractivity contribution in [2.75, 3.05) is 24.9 Å². The van der Waals surface area contributed by atoms with Crippen LogP contribution in [0.3, 0.4) is 0 Å². The molecule has 5 aromatic carbocycles. The molecule has 41 heavy (non-hydrogen) atoms. The van der Waals surface area contributed by atoms with E-state index in [4.69, 9.17) is 9.47 Å². The third-order valence-electron chi connectivity index (χ3n) is 6.30. The van der Waals surface area contributed by atoms with Gasteiger partial charge in [-0.15, -0.1) is 10.2 Å². The number of azo groups is 1. The van der Waals surface area contributed by atoms with Crippen LogP contribution in [0.2, 0.25) is 0 Å². The molecule has 0 unspecified atom stereocenters. The molecular formula is C32H26N4O5. The van der Waals surface area contributed by atoms with Crippen LogP contribution < -0.4 is 20.1 Å². The Morgan fingerprint density at radius 1 is 0.659 bits per heavy atom. The first-order valence-corrected chi connectivity index (χ1v) is 12.6. The smallest absolute Gasteiger partial charge is 0.259 e. The predicted octanol–water partition coefficient (Wildman–Crippen LogP) is 7.48. The topological polar surface area (TPSA) is 122 Å². The lowest BCUT2D eigenvalue weighted by Gasteiger charge is -2.14. The summed E-state index contributed by atoms with van der Waals surface area (Å²) in [6.07, 6.45) is 0. The molecule has 0 saturated carbocycles.